The van der Waals surface area contributed by atoms with Crippen LogP contribution < -0.4 is 5.32 Å². The van der Waals surface area contributed by atoms with E-state index in [-0.39, 0.29) is 43.5 Å². The van der Waals surface area contributed by atoms with Gasteiger partial charge in [-0.3, -0.25) is 9.59 Å². The van der Waals surface area contributed by atoms with Gasteiger partial charge in [-0.1, -0.05) is 85.4 Å². The minimum atomic E-state index is -0.900. The Hall–Kier alpha value is -4.03. The van der Waals surface area contributed by atoms with E-state index in [1.807, 2.05) is 84.4 Å². The van der Waals surface area contributed by atoms with E-state index in [2.05, 4.69) is 22.4 Å². The first kappa shape index (κ1) is 32.4. The van der Waals surface area contributed by atoms with E-state index in [9.17, 15) is 14.7 Å². The summed E-state index contributed by atoms with van der Waals surface area (Å²) < 4.78 is 15.1. The number of carboxylic acids is 1. The van der Waals surface area contributed by atoms with Crippen LogP contribution in [0.25, 0.3) is 11.1 Å². The summed E-state index contributed by atoms with van der Waals surface area (Å²) >= 11 is 1.60. The quantitative estimate of drug-likeness (QED) is 0.165. The molecule has 0 saturated carbocycles. The molecule has 2 heterocycles. The van der Waals surface area contributed by atoms with Crippen molar-refractivity contribution in [2.24, 2.45) is 13.0 Å². The molecule has 236 valence electrons. The fraction of sp³-hybridized carbons (Fsp3) is 0.353. The molecule has 3 aromatic carbocycles. The standard InChI is InChI=1S/C34H38N4O6S/c1-22-29(20-45-34-37-36-21-38(34)2)43-33(44-32(22)26-11-9-23(19-39)10-12-26)27-15-13-25(14-16-27)28-6-3-5-24(17-28)18-35-30(40)7-4-8-31(41)42/h3,5-6,9-17,21-22,29,32-33,39H,4,7-8,18-20H2,1-2H3,(H,35,40)(H,41,42). The number of nitrogens with zero attached hydrogens (tertiary/aromatic N) is 3. The van der Waals surface area contributed by atoms with Crippen molar-refractivity contribution >= 4 is 23.6 Å². The van der Waals surface area contributed by atoms with Crippen LogP contribution in [0.1, 0.15) is 60.8 Å². The summed E-state index contributed by atoms with van der Waals surface area (Å²) in [5.74, 6) is -0.326. The number of carbonyl (C=O) groups excluding carboxylic acids is 1. The third-order valence-corrected chi connectivity index (χ3v) is 9.02. The summed E-state index contributed by atoms with van der Waals surface area (Å²) in [5.41, 5.74) is 5.77. The lowest BCUT2D eigenvalue weighted by molar-refractivity contribution is -0.268. The van der Waals surface area contributed by atoms with E-state index in [4.69, 9.17) is 14.6 Å². The van der Waals surface area contributed by atoms with Gasteiger partial charge in [0.1, 0.15) is 6.33 Å². The van der Waals surface area contributed by atoms with Crippen LogP contribution in [0.5, 0.6) is 0 Å². The van der Waals surface area contributed by atoms with Crippen LogP contribution in [0, 0.1) is 5.92 Å². The number of amides is 1. The van der Waals surface area contributed by atoms with Gasteiger partial charge in [0.05, 0.1) is 18.8 Å². The van der Waals surface area contributed by atoms with Gasteiger partial charge in [-0.15, -0.1) is 10.2 Å². The molecule has 4 unspecified atom stereocenters. The largest absolute Gasteiger partial charge is 0.481 e. The molecule has 0 bridgehead atoms. The Bertz CT molecular complexity index is 1580. The molecule has 1 fully saturated rings. The van der Waals surface area contributed by atoms with E-state index in [1.54, 1.807) is 18.1 Å². The van der Waals surface area contributed by atoms with Crippen LogP contribution in [0.15, 0.2) is 84.3 Å². The molecule has 1 aromatic heterocycles. The number of aliphatic carboxylic acids is 1. The Balaban J connectivity index is 1.29. The zero-order chi connectivity index (χ0) is 31.8. The normalized spacial score (nSPS) is 19.7. The number of carboxylic acid groups (broad SMARTS) is 1. The average Bonchev–Trinajstić information content (AvgIpc) is 3.47. The number of aromatic nitrogens is 3. The van der Waals surface area contributed by atoms with Gasteiger partial charge in [0, 0.05) is 43.7 Å². The first-order valence-electron chi connectivity index (χ1n) is 15.0. The molecular formula is C34H38N4O6S. The van der Waals surface area contributed by atoms with Gasteiger partial charge in [-0.2, -0.15) is 0 Å². The van der Waals surface area contributed by atoms with Crippen molar-refractivity contribution in [2.45, 2.75) is 63.0 Å². The van der Waals surface area contributed by atoms with Crippen molar-refractivity contribution in [2.75, 3.05) is 5.75 Å². The maximum absolute atomic E-state index is 12.1. The first-order valence-corrected chi connectivity index (χ1v) is 15.9. The van der Waals surface area contributed by atoms with Gasteiger partial charge in [-0.05, 0) is 40.3 Å². The van der Waals surface area contributed by atoms with Gasteiger partial charge in [0.15, 0.2) is 11.4 Å². The summed E-state index contributed by atoms with van der Waals surface area (Å²) in [4.78, 5) is 22.8. The summed E-state index contributed by atoms with van der Waals surface area (Å²) in [6.07, 6.45) is 1.26. The maximum atomic E-state index is 12.1. The summed E-state index contributed by atoms with van der Waals surface area (Å²) in [7, 11) is 1.92. The van der Waals surface area contributed by atoms with Crippen molar-refractivity contribution in [1.29, 1.82) is 0 Å². The average molecular weight is 631 g/mol. The Morgan fingerprint density at radius 1 is 0.956 bits per heavy atom. The van der Waals surface area contributed by atoms with Crippen molar-refractivity contribution in [3.63, 3.8) is 0 Å². The maximum Gasteiger partial charge on any atom is 0.303 e. The first-order chi connectivity index (χ1) is 21.8. The number of aliphatic hydroxyl groups excluding tert-OH is 1. The van der Waals surface area contributed by atoms with E-state index in [1.165, 1.54) is 0 Å². The SMILES string of the molecule is CC1C(CSc2nncn2C)OC(c2ccc(-c3cccc(CNC(=O)CCCC(=O)O)c3)cc2)OC1c1ccc(CO)cc1. The summed E-state index contributed by atoms with van der Waals surface area (Å²) in [6.45, 7) is 2.49. The number of thioether (sulfide) groups is 1. The zero-order valence-electron chi connectivity index (χ0n) is 25.3. The fourth-order valence-corrected chi connectivity index (χ4v) is 6.30. The monoisotopic (exact) mass is 630 g/mol. The lowest BCUT2D eigenvalue weighted by Crippen LogP contribution is -2.38. The molecule has 1 aliphatic heterocycles. The highest BCUT2D eigenvalue weighted by atomic mass is 32.2. The number of hydrogen-bond donors (Lipinski definition) is 3. The van der Waals surface area contributed by atoms with Gasteiger partial charge in [0.2, 0.25) is 5.91 Å². The zero-order valence-corrected chi connectivity index (χ0v) is 26.2. The third kappa shape index (κ3) is 8.58. The van der Waals surface area contributed by atoms with Crippen LogP contribution in [0.3, 0.4) is 0 Å². The lowest BCUT2D eigenvalue weighted by Gasteiger charge is -2.41. The molecule has 10 nitrogen and oxygen atoms in total. The number of aliphatic hydroxyl groups is 1. The number of carbonyl (C=O) groups is 2. The van der Waals surface area contributed by atoms with Gasteiger partial charge in [0.25, 0.3) is 0 Å². The Morgan fingerprint density at radius 3 is 2.40 bits per heavy atom. The fourth-order valence-electron chi connectivity index (χ4n) is 5.25. The number of benzene rings is 3. The molecule has 0 radical (unpaired) electrons. The molecule has 0 aliphatic carbocycles. The van der Waals surface area contributed by atoms with E-state index in [0.717, 1.165) is 38.5 Å². The minimum absolute atomic E-state index is 0.0114. The number of aryl methyl sites for hydroxylation is 1. The number of ether oxygens (including phenoxy) is 2. The number of hydrogen-bond acceptors (Lipinski definition) is 8. The topological polar surface area (TPSA) is 136 Å². The molecule has 1 aliphatic rings. The third-order valence-electron chi connectivity index (χ3n) is 7.90. The Kier molecular flexibility index (Phi) is 11.0. The predicted octanol–water partition coefficient (Wildman–Crippen LogP) is 5.43. The Morgan fingerprint density at radius 2 is 1.71 bits per heavy atom. The van der Waals surface area contributed by atoms with Crippen LogP contribution in [-0.4, -0.2) is 48.7 Å². The van der Waals surface area contributed by atoms with E-state index in [0.29, 0.717) is 18.7 Å². The van der Waals surface area contributed by atoms with Gasteiger partial charge < -0.3 is 29.6 Å². The van der Waals surface area contributed by atoms with Crippen LogP contribution in [-0.2, 0) is 39.3 Å². The lowest BCUT2D eigenvalue weighted by atomic mass is 9.91. The number of rotatable bonds is 13. The minimum Gasteiger partial charge on any atom is -0.481 e. The molecular weight excluding hydrogens is 592 g/mol. The van der Waals surface area contributed by atoms with Crippen molar-refractivity contribution in [3.8, 4) is 11.1 Å². The molecule has 11 heteroatoms. The van der Waals surface area contributed by atoms with Crippen molar-refractivity contribution < 1.29 is 29.3 Å². The molecule has 1 saturated heterocycles. The highest BCUT2D eigenvalue weighted by Crippen LogP contribution is 2.43. The van der Waals surface area contributed by atoms with Crippen molar-refractivity contribution in [1.82, 2.24) is 20.1 Å². The smallest absolute Gasteiger partial charge is 0.303 e. The van der Waals surface area contributed by atoms with Gasteiger partial charge >= 0.3 is 5.97 Å². The second-order valence-electron chi connectivity index (χ2n) is 11.2. The highest BCUT2D eigenvalue weighted by Gasteiger charge is 2.38. The van der Waals surface area contributed by atoms with Crippen molar-refractivity contribution in [3.05, 3.63) is 101 Å². The van der Waals surface area contributed by atoms with Crippen LogP contribution in [0.2, 0.25) is 0 Å². The number of nitrogens with one attached hydrogen (secondary N) is 1. The molecule has 0 spiro atoms. The molecule has 4 atom stereocenters. The summed E-state index contributed by atoms with van der Waals surface area (Å²) in [6, 6.07) is 23.9. The van der Waals surface area contributed by atoms with Crippen LogP contribution >= 0.6 is 11.8 Å². The highest BCUT2D eigenvalue weighted by molar-refractivity contribution is 7.99. The second kappa shape index (κ2) is 15.3. The van der Waals surface area contributed by atoms with E-state index >= 15 is 0 Å². The Labute approximate surface area is 266 Å². The molecule has 45 heavy (non-hydrogen) atoms. The molecule has 1 amide bonds. The molecule has 5 rings (SSSR count). The second-order valence-corrected chi connectivity index (χ2v) is 12.2. The molecule has 4 aromatic rings. The molecule has 3 N–H and O–H groups in total. The summed E-state index contributed by atoms with van der Waals surface area (Å²) in [5, 5.41) is 30.2. The van der Waals surface area contributed by atoms with E-state index < -0.39 is 12.3 Å². The van der Waals surface area contributed by atoms with Crippen LogP contribution in [0.4, 0.5) is 0 Å². The predicted molar refractivity (Wildman–Crippen MR) is 170 cm³/mol. The van der Waals surface area contributed by atoms with Gasteiger partial charge in [-0.25, -0.2) is 0 Å².